The van der Waals surface area contributed by atoms with Crippen molar-refractivity contribution in [3.8, 4) is 5.75 Å². The molecule has 0 saturated heterocycles. The summed E-state index contributed by atoms with van der Waals surface area (Å²) in [6.07, 6.45) is 5.43. The van der Waals surface area contributed by atoms with E-state index in [1.54, 1.807) is 29.2 Å². The van der Waals surface area contributed by atoms with E-state index in [9.17, 15) is 14.7 Å². The molecule has 3 rings (SSSR count). The van der Waals surface area contributed by atoms with Gasteiger partial charge in [-0.05, 0) is 54.2 Å². The summed E-state index contributed by atoms with van der Waals surface area (Å²) in [6, 6.07) is 8.38. The van der Waals surface area contributed by atoms with E-state index in [1.807, 2.05) is 6.07 Å². The van der Waals surface area contributed by atoms with E-state index in [4.69, 9.17) is 5.11 Å². The number of hydrogen-bond donors (Lipinski definition) is 2. The van der Waals surface area contributed by atoms with Gasteiger partial charge in [0, 0.05) is 17.7 Å². The van der Waals surface area contributed by atoms with Crippen molar-refractivity contribution in [2.45, 2.75) is 32.2 Å². The molecule has 5 heteroatoms. The Labute approximate surface area is 164 Å². The summed E-state index contributed by atoms with van der Waals surface area (Å²) in [7, 11) is 0. The van der Waals surface area contributed by atoms with Crippen LogP contribution in [0.5, 0.6) is 5.75 Å². The summed E-state index contributed by atoms with van der Waals surface area (Å²) in [4.78, 5) is 25.4. The molecule has 0 atom stereocenters. The summed E-state index contributed by atoms with van der Waals surface area (Å²) in [5.41, 5.74) is 4.35. The van der Waals surface area contributed by atoms with Gasteiger partial charge in [-0.2, -0.15) is 0 Å². The molecule has 0 aromatic heterocycles. The van der Waals surface area contributed by atoms with Crippen molar-refractivity contribution in [3.63, 3.8) is 0 Å². The van der Waals surface area contributed by atoms with E-state index in [-0.39, 0.29) is 17.2 Å². The smallest absolute Gasteiger partial charge is 0.335 e. The maximum atomic E-state index is 12.7. The quantitative estimate of drug-likeness (QED) is 0.714. The van der Waals surface area contributed by atoms with Gasteiger partial charge in [-0.1, -0.05) is 24.3 Å². The lowest BCUT2D eigenvalue weighted by Crippen LogP contribution is -2.35. The Morgan fingerprint density at radius 3 is 2.39 bits per heavy atom. The molecule has 1 heterocycles. The molecular formula is C23H23NO4. The zero-order chi connectivity index (χ0) is 20.3. The summed E-state index contributed by atoms with van der Waals surface area (Å²) >= 11 is 0. The van der Waals surface area contributed by atoms with Gasteiger partial charge in [-0.15, -0.1) is 13.2 Å². The molecule has 2 aromatic rings. The number of carboxylic acids is 1. The van der Waals surface area contributed by atoms with Crippen molar-refractivity contribution in [1.82, 2.24) is 0 Å². The molecule has 2 aromatic carbocycles. The molecule has 0 aliphatic carbocycles. The summed E-state index contributed by atoms with van der Waals surface area (Å²) < 4.78 is 0. The Kier molecular flexibility index (Phi) is 5.64. The molecule has 2 N–H and O–H groups in total. The maximum absolute atomic E-state index is 12.7. The van der Waals surface area contributed by atoms with Crippen molar-refractivity contribution in [1.29, 1.82) is 0 Å². The first kappa shape index (κ1) is 19.4. The molecule has 0 unspecified atom stereocenters. The van der Waals surface area contributed by atoms with Crippen molar-refractivity contribution in [2.75, 3.05) is 4.90 Å². The first-order valence-electron chi connectivity index (χ1n) is 9.17. The van der Waals surface area contributed by atoms with E-state index >= 15 is 0 Å². The molecule has 0 saturated carbocycles. The van der Waals surface area contributed by atoms with Crippen LogP contribution in [-0.2, 0) is 30.6 Å². The third kappa shape index (κ3) is 3.69. The number of benzene rings is 2. The molecule has 1 aliphatic heterocycles. The number of allylic oxidation sites excluding steroid dienone is 2. The fraction of sp³-hybridized carbons (Fsp3) is 0.217. The number of anilines is 1. The van der Waals surface area contributed by atoms with Crippen LogP contribution in [0.1, 0.15) is 39.0 Å². The lowest BCUT2D eigenvalue weighted by Gasteiger charge is -2.32. The number of nitrogens with zero attached hydrogens (tertiary/aromatic N) is 1. The van der Waals surface area contributed by atoms with Crippen molar-refractivity contribution in [2.24, 2.45) is 0 Å². The predicted molar refractivity (Wildman–Crippen MR) is 109 cm³/mol. The normalized spacial score (nSPS) is 13.1. The Hall–Kier alpha value is -3.34. The molecule has 144 valence electrons. The summed E-state index contributed by atoms with van der Waals surface area (Å²) in [6.45, 7) is 7.88. The van der Waals surface area contributed by atoms with E-state index in [1.165, 1.54) is 12.1 Å². The highest BCUT2D eigenvalue weighted by atomic mass is 16.4. The number of hydrogen-bond acceptors (Lipinski definition) is 3. The lowest BCUT2D eigenvalue weighted by atomic mass is 9.90. The number of amides is 1. The highest BCUT2D eigenvalue weighted by Gasteiger charge is 2.28. The number of phenolic OH excluding ortho intramolecular Hbond substituents is 1. The molecule has 5 nitrogen and oxygen atoms in total. The number of phenols is 1. The molecule has 0 fully saturated rings. The zero-order valence-electron chi connectivity index (χ0n) is 15.6. The first-order chi connectivity index (χ1) is 13.5. The van der Waals surface area contributed by atoms with E-state index < -0.39 is 5.97 Å². The summed E-state index contributed by atoms with van der Waals surface area (Å²) in [5, 5.41) is 19.7. The van der Waals surface area contributed by atoms with Crippen LogP contribution in [0.4, 0.5) is 5.69 Å². The monoisotopic (exact) mass is 377 g/mol. The van der Waals surface area contributed by atoms with Crippen LogP contribution in [0.15, 0.2) is 55.6 Å². The van der Waals surface area contributed by atoms with Crippen molar-refractivity contribution < 1.29 is 19.8 Å². The van der Waals surface area contributed by atoms with Gasteiger partial charge < -0.3 is 15.1 Å². The minimum atomic E-state index is -0.982. The Morgan fingerprint density at radius 1 is 1.11 bits per heavy atom. The highest BCUT2D eigenvalue weighted by Crippen LogP contribution is 2.39. The fourth-order valence-corrected chi connectivity index (χ4v) is 3.62. The third-order valence-corrected chi connectivity index (χ3v) is 5.01. The topological polar surface area (TPSA) is 77.8 Å². The molecular weight excluding hydrogens is 354 g/mol. The van der Waals surface area contributed by atoms with Crippen molar-refractivity contribution in [3.05, 3.63) is 83.5 Å². The molecule has 1 amide bonds. The van der Waals surface area contributed by atoms with Gasteiger partial charge >= 0.3 is 5.97 Å². The van der Waals surface area contributed by atoms with E-state index in [0.717, 1.165) is 27.9 Å². The lowest BCUT2D eigenvalue weighted by molar-refractivity contribution is -0.119. The number of fused-ring (bicyclic) bond motifs is 1. The van der Waals surface area contributed by atoms with Gasteiger partial charge in [-0.25, -0.2) is 4.79 Å². The minimum absolute atomic E-state index is 0.00890. The van der Waals surface area contributed by atoms with Gasteiger partial charge in [0.15, 0.2) is 0 Å². The van der Waals surface area contributed by atoms with Gasteiger partial charge in [0.05, 0.1) is 12.1 Å². The van der Waals surface area contributed by atoms with Crippen LogP contribution in [0, 0.1) is 0 Å². The van der Waals surface area contributed by atoms with Gasteiger partial charge in [0.2, 0.25) is 5.91 Å². The van der Waals surface area contributed by atoms with Crippen LogP contribution in [0.25, 0.3) is 0 Å². The second kappa shape index (κ2) is 8.13. The fourth-order valence-electron chi connectivity index (χ4n) is 3.62. The van der Waals surface area contributed by atoms with Gasteiger partial charge in [-0.3, -0.25) is 4.79 Å². The largest absolute Gasteiger partial charge is 0.507 e. The molecule has 0 spiro atoms. The number of aromatic carboxylic acids is 1. The van der Waals surface area contributed by atoms with E-state index in [2.05, 4.69) is 13.2 Å². The minimum Gasteiger partial charge on any atom is -0.507 e. The summed E-state index contributed by atoms with van der Waals surface area (Å²) in [5.74, 6) is -0.724. The molecule has 0 bridgehead atoms. The zero-order valence-corrected chi connectivity index (χ0v) is 15.6. The standard InChI is InChI=1S/C23H23NO4/c1-3-5-17-13-20-18(19(6-4-2)22(17)26)11-12-21(25)24(20)14-15-7-9-16(10-8-15)23(27)28/h3-4,7-10,13,26H,1-2,5-6,11-12,14H2,(H,27,28). The molecule has 28 heavy (non-hydrogen) atoms. The number of rotatable bonds is 7. The van der Waals surface area contributed by atoms with Gasteiger partial charge in [0.1, 0.15) is 5.75 Å². The van der Waals surface area contributed by atoms with E-state index in [0.29, 0.717) is 32.2 Å². The predicted octanol–water partition coefficient (Wildman–Crippen LogP) is 4.03. The van der Waals surface area contributed by atoms with Crippen LogP contribution < -0.4 is 4.90 Å². The number of carboxylic acid groups (broad SMARTS) is 1. The van der Waals surface area contributed by atoms with Gasteiger partial charge in [0.25, 0.3) is 0 Å². The number of carbonyl (C=O) groups is 2. The highest BCUT2D eigenvalue weighted by molar-refractivity contribution is 5.97. The van der Waals surface area contributed by atoms with Crippen LogP contribution in [-0.4, -0.2) is 22.1 Å². The average molecular weight is 377 g/mol. The SMILES string of the molecule is C=CCc1cc2c(c(CC=C)c1O)CCC(=O)N2Cc1ccc(C(=O)O)cc1. The Morgan fingerprint density at radius 2 is 1.79 bits per heavy atom. The number of aromatic hydroxyl groups is 1. The Balaban J connectivity index is 2.04. The Bertz CT molecular complexity index is 944. The number of carbonyl (C=O) groups excluding carboxylic acids is 1. The third-order valence-electron chi connectivity index (χ3n) is 5.01. The van der Waals surface area contributed by atoms with Crippen LogP contribution in [0.3, 0.4) is 0 Å². The second-order valence-corrected chi connectivity index (χ2v) is 6.83. The molecule has 0 radical (unpaired) electrons. The second-order valence-electron chi connectivity index (χ2n) is 6.83. The van der Waals surface area contributed by atoms with Crippen molar-refractivity contribution >= 4 is 17.6 Å². The maximum Gasteiger partial charge on any atom is 0.335 e. The van der Waals surface area contributed by atoms with Crippen LogP contribution in [0.2, 0.25) is 0 Å². The van der Waals surface area contributed by atoms with Crippen LogP contribution >= 0.6 is 0 Å². The first-order valence-corrected chi connectivity index (χ1v) is 9.17. The average Bonchev–Trinajstić information content (AvgIpc) is 2.68. The molecule has 1 aliphatic rings.